The number of ether oxygens (including phenoxy) is 1. The molecule has 0 unspecified atom stereocenters. The second-order valence-corrected chi connectivity index (χ2v) is 6.31. The lowest BCUT2D eigenvalue weighted by atomic mass is 10.1. The smallest absolute Gasteiger partial charge is 0.292 e. The molecule has 0 radical (unpaired) electrons. The zero-order valence-electron chi connectivity index (χ0n) is 15.6. The summed E-state index contributed by atoms with van der Waals surface area (Å²) >= 11 is 0. The van der Waals surface area contributed by atoms with Gasteiger partial charge in [0.1, 0.15) is 22.8 Å². The maximum absolute atomic E-state index is 12.9. The number of hydrogen-bond acceptors (Lipinski definition) is 6. The number of rotatable bonds is 4. The molecule has 0 fully saturated rings. The molecule has 9 heteroatoms. The molecule has 0 aliphatic rings. The summed E-state index contributed by atoms with van der Waals surface area (Å²) in [4.78, 5) is 25.1. The third-order valence-corrected chi connectivity index (χ3v) is 4.62. The summed E-state index contributed by atoms with van der Waals surface area (Å²) in [6, 6.07) is 13.7. The summed E-state index contributed by atoms with van der Waals surface area (Å²) in [6.07, 6.45) is 0. The number of aromatic nitrogens is 3. The van der Waals surface area contributed by atoms with Crippen molar-refractivity contribution in [2.75, 3.05) is 7.11 Å². The molecular formula is C20H17N5O4. The minimum absolute atomic E-state index is 0.0618. The molecule has 4 aromatic rings. The number of fused-ring (bicyclic) bond motifs is 1. The Bertz CT molecular complexity index is 1350. The maximum Gasteiger partial charge on any atom is 0.292 e. The molecule has 3 N–H and O–H groups in total. The Balaban J connectivity index is 1.87. The Morgan fingerprint density at radius 2 is 1.72 bits per heavy atom. The van der Waals surface area contributed by atoms with E-state index < -0.39 is 11.1 Å². The molecule has 0 aliphatic heterocycles. The van der Waals surface area contributed by atoms with E-state index in [9.17, 15) is 14.7 Å². The Hall–Kier alpha value is -4.14. The van der Waals surface area contributed by atoms with Crippen molar-refractivity contribution in [3.8, 4) is 22.8 Å². The SMILES string of the molecule is COc1ccc(N=Nc2c(-c3c(O)c4ccccc4n(C)c3=O)[nH][nH]c2=O)cc1. The van der Waals surface area contributed by atoms with Crippen molar-refractivity contribution in [2.45, 2.75) is 0 Å². The van der Waals surface area contributed by atoms with E-state index in [-0.39, 0.29) is 22.7 Å². The molecule has 2 aromatic heterocycles. The summed E-state index contributed by atoms with van der Waals surface area (Å²) in [7, 11) is 3.15. The van der Waals surface area contributed by atoms with Crippen molar-refractivity contribution in [1.82, 2.24) is 14.8 Å². The first-order valence-corrected chi connectivity index (χ1v) is 8.68. The Labute approximate surface area is 163 Å². The second kappa shape index (κ2) is 7.12. The molecule has 0 saturated heterocycles. The second-order valence-electron chi connectivity index (χ2n) is 6.31. The number of H-pyrrole nitrogens is 2. The quantitative estimate of drug-likeness (QED) is 0.461. The van der Waals surface area contributed by atoms with Crippen LogP contribution >= 0.6 is 0 Å². The van der Waals surface area contributed by atoms with Gasteiger partial charge in [-0.1, -0.05) is 12.1 Å². The molecule has 0 atom stereocenters. The number of aromatic hydroxyl groups is 1. The normalized spacial score (nSPS) is 11.4. The van der Waals surface area contributed by atoms with Crippen LogP contribution in [0.1, 0.15) is 0 Å². The molecule has 0 aliphatic carbocycles. The number of benzene rings is 2. The van der Waals surface area contributed by atoms with Gasteiger partial charge in [0, 0.05) is 12.4 Å². The molecule has 0 bridgehead atoms. The van der Waals surface area contributed by atoms with Crippen molar-refractivity contribution in [3.05, 3.63) is 69.2 Å². The largest absolute Gasteiger partial charge is 0.506 e. The lowest BCUT2D eigenvalue weighted by Crippen LogP contribution is -2.19. The topological polar surface area (TPSA) is 125 Å². The minimum atomic E-state index is -0.563. The average molecular weight is 391 g/mol. The van der Waals surface area contributed by atoms with E-state index in [2.05, 4.69) is 20.4 Å². The predicted octanol–water partition coefficient (Wildman–Crippen LogP) is 3.35. The van der Waals surface area contributed by atoms with Crippen LogP contribution in [0.2, 0.25) is 0 Å². The third-order valence-electron chi connectivity index (χ3n) is 4.62. The highest BCUT2D eigenvalue weighted by Gasteiger charge is 2.22. The molecule has 146 valence electrons. The number of hydrogen-bond donors (Lipinski definition) is 3. The first-order valence-electron chi connectivity index (χ1n) is 8.68. The van der Waals surface area contributed by atoms with E-state index in [0.29, 0.717) is 22.3 Å². The van der Waals surface area contributed by atoms with Gasteiger partial charge in [-0.05, 0) is 36.4 Å². The monoisotopic (exact) mass is 391 g/mol. The number of nitrogens with one attached hydrogen (secondary N) is 2. The van der Waals surface area contributed by atoms with Gasteiger partial charge in [-0.3, -0.25) is 19.8 Å². The molecular weight excluding hydrogens is 374 g/mol. The van der Waals surface area contributed by atoms with E-state index in [1.165, 1.54) is 4.57 Å². The number of azo groups is 1. The van der Waals surface area contributed by atoms with Crippen LogP contribution < -0.4 is 15.9 Å². The molecule has 29 heavy (non-hydrogen) atoms. The van der Waals surface area contributed by atoms with E-state index in [1.54, 1.807) is 62.7 Å². The average Bonchev–Trinajstić information content (AvgIpc) is 3.11. The number of nitrogens with zero attached hydrogens (tertiary/aromatic N) is 3. The van der Waals surface area contributed by atoms with Gasteiger partial charge in [-0.25, -0.2) is 0 Å². The maximum atomic E-state index is 12.9. The summed E-state index contributed by atoms with van der Waals surface area (Å²) in [5.74, 6) is 0.425. The van der Waals surface area contributed by atoms with Crippen molar-refractivity contribution in [2.24, 2.45) is 17.3 Å². The molecule has 0 amide bonds. The van der Waals surface area contributed by atoms with Gasteiger partial charge in [0.2, 0.25) is 0 Å². The van der Waals surface area contributed by atoms with Crippen molar-refractivity contribution in [1.29, 1.82) is 0 Å². The van der Waals surface area contributed by atoms with Crippen LogP contribution in [0.3, 0.4) is 0 Å². The number of methoxy groups -OCH3 is 1. The summed E-state index contributed by atoms with van der Waals surface area (Å²) in [5.41, 5.74) is -0.0805. The van der Waals surface area contributed by atoms with Crippen LogP contribution in [0.15, 0.2) is 68.3 Å². The zero-order valence-corrected chi connectivity index (χ0v) is 15.6. The molecule has 2 aromatic carbocycles. The molecule has 2 heterocycles. The fraction of sp³-hybridized carbons (Fsp3) is 0.100. The van der Waals surface area contributed by atoms with Gasteiger partial charge in [-0.2, -0.15) is 5.11 Å². The lowest BCUT2D eigenvalue weighted by molar-refractivity contribution is 0.415. The summed E-state index contributed by atoms with van der Waals surface area (Å²) in [5, 5.41) is 24.3. The van der Waals surface area contributed by atoms with Crippen LogP contribution in [0, 0.1) is 0 Å². The van der Waals surface area contributed by atoms with Gasteiger partial charge < -0.3 is 14.4 Å². The zero-order chi connectivity index (χ0) is 20.5. The molecule has 0 saturated carbocycles. The highest BCUT2D eigenvalue weighted by atomic mass is 16.5. The fourth-order valence-corrected chi connectivity index (χ4v) is 3.09. The number of para-hydroxylation sites is 1. The van der Waals surface area contributed by atoms with Gasteiger partial charge in [0.15, 0.2) is 5.69 Å². The molecule has 0 spiro atoms. The molecule has 4 rings (SSSR count). The fourth-order valence-electron chi connectivity index (χ4n) is 3.09. The first-order chi connectivity index (χ1) is 14.0. The minimum Gasteiger partial charge on any atom is -0.506 e. The van der Waals surface area contributed by atoms with Gasteiger partial charge in [0.25, 0.3) is 11.1 Å². The number of pyridine rings is 1. The van der Waals surface area contributed by atoms with Crippen LogP contribution in [0.5, 0.6) is 11.5 Å². The van der Waals surface area contributed by atoms with Gasteiger partial charge in [0.05, 0.1) is 18.3 Å². The Kier molecular flexibility index (Phi) is 4.47. The first kappa shape index (κ1) is 18.2. The summed E-state index contributed by atoms with van der Waals surface area (Å²) < 4.78 is 6.49. The van der Waals surface area contributed by atoms with Crippen molar-refractivity contribution >= 4 is 22.3 Å². The van der Waals surface area contributed by atoms with Crippen LogP contribution in [-0.2, 0) is 7.05 Å². The van der Waals surface area contributed by atoms with Gasteiger partial charge in [-0.15, -0.1) is 5.11 Å². The number of aryl methyl sites for hydroxylation is 1. The van der Waals surface area contributed by atoms with Crippen molar-refractivity contribution in [3.63, 3.8) is 0 Å². The van der Waals surface area contributed by atoms with E-state index in [4.69, 9.17) is 4.74 Å². The van der Waals surface area contributed by atoms with Crippen LogP contribution in [0.4, 0.5) is 11.4 Å². The van der Waals surface area contributed by atoms with Crippen LogP contribution in [-0.4, -0.2) is 27.0 Å². The summed E-state index contributed by atoms with van der Waals surface area (Å²) in [6.45, 7) is 0. The lowest BCUT2D eigenvalue weighted by Gasteiger charge is -2.10. The predicted molar refractivity (Wildman–Crippen MR) is 108 cm³/mol. The third kappa shape index (κ3) is 3.08. The Morgan fingerprint density at radius 1 is 1.00 bits per heavy atom. The highest BCUT2D eigenvalue weighted by Crippen LogP contribution is 2.35. The van der Waals surface area contributed by atoms with E-state index in [1.807, 2.05) is 0 Å². The Morgan fingerprint density at radius 3 is 2.45 bits per heavy atom. The number of aromatic amines is 2. The van der Waals surface area contributed by atoms with Crippen LogP contribution in [0.25, 0.3) is 22.2 Å². The van der Waals surface area contributed by atoms with E-state index in [0.717, 1.165) is 0 Å². The standard InChI is InChI=1S/C20H17N5O4/c1-25-14-6-4-3-5-13(14)18(26)15(20(25)28)16-17(19(27)24-22-16)23-21-11-7-9-12(29-2)10-8-11/h3-10,26H,1-2H3,(H2,22,24,27). The highest BCUT2D eigenvalue weighted by molar-refractivity contribution is 5.93. The van der Waals surface area contributed by atoms with E-state index >= 15 is 0 Å². The van der Waals surface area contributed by atoms with Gasteiger partial charge >= 0.3 is 0 Å². The molecule has 9 nitrogen and oxygen atoms in total. The van der Waals surface area contributed by atoms with Crippen molar-refractivity contribution < 1.29 is 9.84 Å².